The maximum absolute atomic E-state index is 11.4. The average molecular weight is 344 g/mol. The smallest absolute Gasteiger partial charge is 0.238 e. The fourth-order valence-corrected chi connectivity index (χ4v) is 3.00. The van der Waals surface area contributed by atoms with E-state index in [9.17, 15) is 8.42 Å². The van der Waals surface area contributed by atoms with Gasteiger partial charge in [0, 0.05) is 22.6 Å². The van der Waals surface area contributed by atoms with E-state index in [2.05, 4.69) is 15.3 Å². The van der Waals surface area contributed by atoms with Gasteiger partial charge in [0.2, 0.25) is 10.0 Å². The lowest BCUT2D eigenvalue weighted by atomic mass is 10.2. The third kappa shape index (κ3) is 3.12. The topological polar surface area (TPSA) is 108 Å². The number of aromatic nitrogens is 4. The Labute approximate surface area is 139 Å². The van der Waals surface area contributed by atoms with Crippen LogP contribution in [0, 0.1) is 13.8 Å². The minimum absolute atomic E-state index is 0.0862. The molecule has 0 fully saturated rings. The molecule has 0 radical (unpaired) electrons. The van der Waals surface area contributed by atoms with E-state index in [4.69, 9.17) is 5.14 Å². The quantitative estimate of drug-likeness (QED) is 0.718. The molecule has 0 spiro atoms. The summed E-state index contributed by atoms with van der Waals surface area (Å²) in [6, 6.07) is 8.43. The number of nitrogens with two attached hydrogens (primary N) is 1. The minimum Gasteiger partial charge on any atom is -0.318 e. The Morgan fingerprint density at radius 1 is 1.12 bits per heavy atom. The second kappa shape index (κ2) is 6.02. The van der Waals surface area contributed by atoms with Gasteiger partial charge in [-0.25, -0.2) is 18.2 Å². The summed E-state index contributed by atoms with van der Waals surface area (Å²) >= 11 is 0. The van der Waals surface area contributed by atoms with Crippen molar-refractivity contribution in [3.05, 3.63) is 59.9 Å². The van der Waals surface area contributed by atoms with Crippen LogP contribution in [0.25, 0.3) is 5.69 Å². The van der Waals surface area contributed by atoms with Gasteiger partial charge in [-0.2, -0.15) is 5.10 Å². The molecule has 3 aromatic rings. The number of hydrogen-bond donors (Lipinski definition) is 1. The monoisotopic (exact) mass is 344 g/mol. The predicted molar refractivity (Wildman–Crippen MR) is 89.6 cm³/mol. The maximum Gasteiger partial charge on any atom is 0.238 e. The Bertz CT molecular complexity index is 986. The van der Waals surface area contributed by atoms with Crippen molar-refractivity contribution in [3.63, 3.8) is 0 Å². The lowest BCUT2D eigenvalue weighted by molar-refractivity contribution is 0.598. The number of rotatable bonds is 4. The Morgan fingerprint density at radius 2 is 1.75 bits per heavy atom. The van der Waals surface area contributed by atoms with Crippen molar-refractivity contribution in [1.82, 2.24) is 19.4 Å². The summed E-state index contributed by atoms with van der Waals surface area (Å²) in [7, 11) is -3.70. The first-order chi connectivity index (χ1) is 11.4. The van der Waals surface area contributed by atoms with Gasteiger partial charge in [-0.15, -0.1) is 10.2 Å². The van der Waals surface area contributed by atoms with E-state index >= 15 is 0 Å². The molecule has 0 aliphatic carbocycles. The molecule has 24 heavy (non-hydrogen) atoms. The molecule has 2 N–H and O–H groups in total. The molecule has 9 heteroatoms. The fourth-order valence-electron chi connectivity index (χ4n) is 2.48. The molecule has 0 amide bonds. The average Bonchev–Trinajstić information content (AvgIpc) is 3.13. The van der Waals surface area contributed by atoms with Crippen molar-refractivity contribution >= 4 is 16.2 Å². The van der Waals surface area contributed by atoms with Gasteiger partial charge >= 0.3 is 0 Å². The van der Waals surface area contributed by atoms with Crippen molar-refractivity contribution in [2.75, 3.05) is 0 Å². The molecule has 3 rings (SSSR count). The maximum atomic E-state index is 11.4. The zero-order chi connectivity index (χ0) is 17.3. The summed E-state index contributed by atoms with van der Waals surface area (Å²) in [4.78, 5) is 0.0862. The summed E-state index contributed by atoms with van der Waals surface area (Å²) < 4.78 is 26.2. The fraction of sp³-hybridized carbons (Fsp3) is 0.133. The molecule has 0 bridgehead atoms. The molecule has 8 nitrogen and oxygen atoms in total. The molecule has 0 saturated heterocycles. The van der Waals surface area contributed by atoms with E-state index in [0.29, 0.717) is 0 Å². The van der Waals surface area contributed by atoms with Gasteiger partial charge in [0.05, 0.1) is 11.1 Å². The van der Waals surface area contributed by atoms with Gasteiger partial charge in [0.1, 0.15) is 12.7 Å². The van der Waals surface area contributed by atoms with E-state index in [1.807, 2.05) is 24.5 Å². The zero-order valence-electron chi connectivity index (χ0n) is 13.2. The second-order valence-corrected chi connectivity index (χ2v) is 6.85. The first-order valence-corrected chi connectivity index (χ1v) is 8.62. The summed E-state index contributed by atoms with van der Waals surface area (Å²) in [5.74, 6) is 0. The largest absolute Gasteiger partial charge is 0.318 e. The van der Waals surface area contributed by atoms with Crippen LogP contribution < -0.4 is 5.14 Å². The van der Waals surface area contributed by atoms with Crippen LogP contribution in [0.3, 0.4) is 0 Å². The van der Waals surface area contributed by atoms with Crippen LogP contribution in [0.2, 0.25) is 0 Å². The standard InChI is InChI=1S/C15H16N6O2S/c1-11-7-13(8-19-20-9-17-18-10-20)12(2)21(11)14-3-5-15(6-4-14)24(16,22)23/h3-10H,1-2H3,(H2,16,22,23)/b19-8+. The van der Waals surface area contributed by atoms with E-state index in [1.54, 1.807) is 18.3 Å². The number of nitrogens with zero attached hydrogens (tertiary/aromatic N) is 5. The Balaban J connectivity index is 1.97. The van der Waals surface area contributed by atoms with Crippen LogP contribution in [-0.2, 0) is 10.0 Å². The molecule has 0 saturated carbocycles. The van der Waals surface area contributed by atoms with Crippen LogP contribution in [0.1, 0.15) is 17.0 Å². The van der Waals surface area contributed by atoms with Gasteiger partial charge in [0.25, 0.3) is 0 Å². The number of benzene rings is 1. The van der Waals surface area contributed by atoms with Crippen molar-refractivity contribution in [1.29, 1.82) is 0 Å². The molecule has 0 unspecified atom stereocenters. The molecule has 0 aliphatic rings. The number of primary sulfonamides is 1. The summed E-state index contributed by atoms with van der Waals surface area (Å²) in [5.41, 5.74) is 3.77. The Hall–Kier alpha value is -2.78. The first kappa shape index (κ1) is 16.1. The number of hydrogen-bond acceptors (Lipinski definition) is 5. The summed E-state index contributed by atoms with van der Waals surface area (Å²) in [5, 5.41) is 16.8. The molecule has 2 heterocycles. The SMILES string of the molecule is Cc1cc(/C=N/n2cnnc2)c(C)n1-c1ccc(S(N)(=O)=O)cc1. The van der Waals surface area contributed by atoms with Crippen LogP contribution in [0.15, 0.2) is 53.0 Å². The van der Waals surface area contributed by atoms with Crippen molar-refractivity contribution in [3.8, 4) is 5.69 Å². The highest BCUT2D eigenvalue weighted by Crippen LogP contribution is 2.21. The van der Waals surface area contributed by atoms with E-state index in [-0.39, 0.29) is 4.90 Å². The van der Waals surface area contributed by atoms with E-state index < -0.39 is 10.0 Å². The van der Waals surface area contributed by atoms with Crippen LogP contribution in [0.5, 0.6) is 0 Å². The summed E-state index contributed by atoms with van der Waals surface area (Å²) in [6.45, 7) is 3.94. The minimum atomic E-state index is -3.70. The normalized spacial score (nSPS) is 12.1. The molecule has 124 valence electrons. The van der Waals surface area contributed by atoms with Crippen molar-refractivity contribution < 1.29 is 8.42 Å². The number of aryl methyl sites for hydroxylation is 1. The van der Waals surface area contributed by atoms with Gasteiger partial charge in [-0.1, -0.05) is 0 Å². The lowest BCUT2D eigenvalue weighted by Crippen LogP contribution is -2.12. The highest BCUT2D eigenvalue weighted by Gasteiger charge is 2.11. The highest BCUT2D eigenvalue weighted by atomic mass is 32.2. The molecule has 0 aliphatic heterocycles. The Kier molecular flexibility index (Phi) is 4.04. The third-order valence-corrected chi connectivity index (χ3v) is 4.56. The van der Waals surface area contributed by atoms with E-state index in [0.717, 1.165) is 22.6 Å². The van der Waals surface area contributed by atoms with Crippen LogP contribution in [-0.4, -0.2) is 34.1 Å². The molecular weight excluding hydrogens is 328 g/mol. The van der Waals surface area contributed by atoms with Gasteiger partial charge in [0.15, 0.2) is 0 Å². The molecule has 2 aromatic heterocycles. The lowest BCUT2D eigenvalue weighted by Gasteiger charge is -2.10. The number of sulfonamides is 1. The van der Waals surface area contributed by atoms with Gasteiger partial charge in [-0.05, 0) is 44.2 Å². The summed E-state index contributed by atoms with van der Waals surface area (Å²) in [6.07, 6.45) is 4.73. The Morgan fingerprint density at radius 3 is 2.33 bits per heavy atom. The highest BCUT2D eigenvalue weighted by molar-refractivity contribution is 7.89. The first-order valence-electron chi connectivity index (χ1n) is 7.07. The third-order valence-electron chi connectivity index (χ3n) is 3.63. The van der Waals surface area contributed by atoms with Gasteiger partial charge in [-0.3, -0.25) is 0 Å². The molecule has 1 aromatic carbocycles. The van der Waals surface area contributed by atoms with Crippen molar-refractivity contribution in [2.45, 2.75) is 18.7 Å². The zero-order valence-corrected chi connectivity index (χ0v) is 14.0. The second-order valence-electron chi connectivity index (χ2n) is 5.29. The van der Waals surface area contributed by atoms with Gasteiger partial charge < -0.3 is 4.57 Å². The van der Waals surface area contributed by atoms with Crippen molar-refractivity contribution in [2.24, 2.45) is 10.2 Å². The predicted octanol–water partition coefficient (Wildman–Crippen LogP) is 1.22. The molecular formula is C15H16N6O2S. The van der Waals surface area contributed by atoms with E-state index in [1.165, 1.54) is 29.5 Å². The van der Waals surface area contributed by atoms with Crippen LogP contribution >= 0.6 is 0 Å². The van der Waals surface area contributed by atoms with Crippen LogP contribution in [0.4, 0.5) is 0 Å². The molecule has 0 atom stereocenters.